The lowest BCUT2D eigenvalue weighted by atomic mass is 9.70. The molecule has 1 amide bonds. The molecule has 5 rings (SSSR count). The van der Waals surface area contributed by atoms with Crippen molar-refractivity contribution in [3.63, 3.8) is 0 Å². The normalized spacial score (nSPS) is 12.3. The lowest BCUT2D eigenvalue weighted by Crippen LogP contribution is -2.27. The van der Waals surface area contributed by atoms with E-state index in [1.807, 2.05) is 12.1 Å². The molecule has 0 heterocycles. The number of hydrogen-bond acceptors (Lipinski definition) is 29. The molecule has 674 valence electrons. The van der Waals surface area contributed by atoms with E-state index in [4.69, 9.17) is 134 Å². The molecule has 0 saturated carbocycles. The Morgan fingerprint density at radius 1 is 0.271 bits per heavy atom. The monoisotopic (exact) mass is 1680 g/mol. The molecule has 0 radical (unpaired) electrons. The van der Waals surface area contributed by atoms with Crippen molar-refractivity contribution >= 4 is 5.91 Å². The van der Waals surface area contributed by atoms with E-state index >= 15 is 0 Å². The van der Waals surface area contributed by atoms with Crippen molar-refractivity contribution in [1.29, 1.82) is 0 Å². The van der Waals surface area contributed by atoms with Gasteiger partial charge in [-0.3, -0.25) is 4.79 Å². The third-order valence-electron chi connectivity index (χ3n) is 18.0. The van der Waals surface area contributed by atoms with Gasteiger partial charge in [0.15, 0.2) is 0 Å². The first-order valence-corrected chi connectivity index (χ1v) is 42.5. The Hall–Kier alpha value is -4.93. The summed E-state index contributed by atoms with van der Waals surface area (Å²) in [5.41, 5.74) is 14.8. The standard InChI is InChI=1S/C88H144N2O28/c1-92-30-32-98-40-42-102-48-50-106-56-58-110-64-66-114-72-74-116-70-68-112-62-60-108-54-52-104-46-44-100-38-34-94-25-8-21-88(22-9-26-95-35-39-101-45-47-105-53-55-109-61-63-113-69-71-117-75-73-115-67-65-111-59-57-107-51-49-103-43-41-99-33-31-93-2)85-76-80(78-10-4-3-5-11-78)14-18-83(85)84-19-15-81(77-86(84)88)79-12-16-82(17-13-79)118-27-7-6-24-90-87(91)20-28-96-36-37-97-29-23-89/h3-5,10-19,76-77H,6-9,20-75,89H2,1-2H3,(H,90,91). The van der Waals surface area contributed by atoms with Crippen LogP contribution in [0, 0.1) is 0 Å². The summed E-state index contributed by atoms with van der Waals surface area (Å²) >= 11 is 0. The fourth-order valence-electron chi connectivity index (χ4n) is 12.0. The Balaban J connectivity index is 0.963. The van der Waals surface area contributed by atoms with Gasteiger partial charge in [0, 0.05) is 52.4 Å². The van der Waals surface area contributed by atoms with Gasteiger partial charge in [-0.2, -0.15) is 0 Å². The average Bonchev–Trinajstić information content (AvgIpc) is 1.56. The molecule has 0 fully saturated rings. The van der Waals surface area contributed by atoms with Crippen LogP contribution < -0.4 is 15.8 Å². The second-order valence-electron chi connectivity index (χ2n) is 26.8. The molecule has 30 nitrogen and oxygen atoms in total. The molecule has 4 aromatic rings. The van der Waals surface area contributed by atoms with E-state index in [1.165, 1.54) is 33.4 Å². The number of benzene rings is 4. The predicted octanol–water partition coefficient (Wildman–Crippen LogP) is 8.16. The molecule has 118 heavy (non-hydrogen) atoms. The number of carbonyl (C=O) groups excluding carboxylic acids is 1. The van der Waals surface area contributed by atoms with Gasteiger partial charge in [-0.25, -0.2) is 0 Å². The van der Waals surface area contributed by atoms with Crippen molar-refractivity contribution in [3.8, 4) is 39.1 Å². The van der Waals surface area contributed by atoms with Crippen LogP contribution >= 0.6 is 0 Å². The Morgan fingerprint density at radius 3 is 0.831 bits per heavy atom. The number of carbonyl (C=O) groups is 1. The summed E-state index contributed by atoms with van der Waals surface area (Å²) in [5.74, 6) is 0.763. The molecule has 0 saturated heterocycles. The van der Waals surface area contributed by atoms with Crippen LogP contribution in [0.25, 0.3) is 33.4 Å². The van der Waals surface area contributed by atoms with E-state index in [2.05, 4.69) is 84.2 Å². The molecule has 0 aromatic heterocycles. The lowest BCUT2D eigenvalue weighted by molar-refractivity contribution is -0.122. The zero-order valence-corrected chi connectivity index (χ0v) is 71.1. The molecule has 30 heteroatoms. The zero-order chi connectivity index (χ0) is 83.1. The SMILES string of the molecule is COCCOCCOCCOCCOCCOCCOCCOCCOCCOCCOCCOCCCC1(CCCOCCOCCOCCOCCOCCOCCOCCOCCOCCOCCOCCOC)c2cc(-c3ccccc3)ccc2-c2ccc(-c3ccc(OCCCCNC(=O)CCOCCOCCN)cc3)cc21. The highest BCUT2D eigenvalue weighted by atomic mass is 16.6. The summed E-state index contributed by atoms with van der Waals surface area (Å²) in [6.07, 6.45) is 5.28. The zero-order valence-electron chi connectivity index (χ0n) is 71.1. The lowest BCUT2D eigenvalue weighted by Gasteiger charge is -2.33. The van der Waals surface area contributed by atoms with E-state index in [0.717, 1.165) is 55.4 Å². The smallest absolute Gasteiger partial charge is 0.222 e. The quantitative estimate of drug-likeness (QED) is 0.0394. The van der Waals surface area contributed by atoms with Gasteiger partial charge in [0.05, 0.1) is 324 Å². The third kappa shape index (κ3) is 53.2. The van der Waals surface area contributed by atoms with Gasteiger partial charge in [0.1, 0.15) is 5.75 Å². The predicted molar refractivity (Wildman–Crippen MR) is 447 cm³/mol. The van der Waals surface area contributed by atoms with Crippen LogP contribution in [0.1, 0.15) is 56.1 Å². The first-order chi connectivity index (χ1) is 58.6. The second kappa shape index (κ2) is 76.9. The van der Waals surface area contributed by atoms with E-state index in [0.29, 0.717) is 356 Å². The number of unbranched alkanes of at least 4 members (excludes halogenated alkanes) is 1. The molecule has 1 aliphatic rings. The molecule has 0 bridgehead atoms. The molecule has 0 aliphatic heterocycles. The maximum Gasteiger partial charge on any atom is 0.222 e. The summed E-state index contributed by atoms with van der Waals surface area (Å²) in [5, 5.41) is 2.98. The van der Waals surface area contributed by atoms with Crippen molar-refractivity contribution in [3.05, 3.63) is 102 Å². The second-order valence-corrected chi connectivity index (χ2v) is 26.8. The molecular formula is C88H144N2O28. The topological polar surface area (TPSA) is 304 Å². The molecule has 0 unspecified atom stereocenters. The minimum Gasteiger partial charge on any atom is -0.494 e. The number of methoxy groups -OCH3 is 2. The highest BCUT2D eigenvalue weighted by molar-refractivity contribution is 5.86. The fraction of sp³-hybridized carbons (Fsp3) is 0.716. The minimum atomic E-state index is -0.345. The average molecular weight is 1680 g/mol. The Morgan fingerprint density at radius 2 is 0.534 bits per heavy atom. The van der Waals surface area contributed by atoms with Crippen LogP contribution in [0.2, 0.25) is 0 Å². The summed E-state index contributed by atoms with van der Waals surface area (Å²) in [7, 11) is 3.29. The highest BCUT2D eigenvalue weighted by Crippen LogP contribution is 2.55. The number of rotatable bonds is 90. The van der Waals surface area contributed by atoms with Gasteiger partial charge >= 0.3 is 0 Å². The Labute approximate surface area is 702 Å². The summed E-state index contributed by atoms with van der Waals surface area (Å²) < 4.78 is 151. The van der Waals surface area contributed by atoms with Crippen LogP contribution in [0.15, 0.2) is 91.0 Å². The van der Waals surface area contributed by atoms with Crippen molar-refractivity contribution in [2.24, 2.45) is 5.73 Å². The number of nitrogens with one attached hydrogen (secondary N) is 1. The van der Waals surface area contributed by atoms with Gasteiger partial charge in [-0.05, 0) is 107 Å². The van der Waals surface area contributed by atoms with Crippen LogP contribution in [0.3, 0.4) is 0 Å². The number of amides is 1. The van der Waals surface area contributed by atoms with Crippen molar-refractivity contribution in [2.75, 3.05) is 364 Å². The van der Waals surface area contributed by atoms with E-state index in [9.17, 15) is 4.79 Å². The molecule has 0 atom stereocenters. The van der Waals surface area contributed by atoms with Gasteiger partial charge < -0.3 is 139 Å². The van der Waals surface area contributed by atoms with E-state index < -0.39 is 0 Å². The van der Waals surface area contributed by atoms with Gasteiger partial charge in [-0.15, -0.1) is 0 Å². The van der Waals surface area contributed by atoms with Gasteiger partial charge in [0.2, 0.25) is 5.91 Å². The van der Waals surface area contributed by atoms with Gasteiger partial charge in [0.25, 0.3) is 0 Å². The summed E-state index contributed by atoms with van der Waals surface area (Å²) in [4.78, 5) is 12.3. The molecule has 0 spiro atoms. The van der Waals surface area contributed by atoms with Crippen LogP contribution in [0.5, 0.6) is 5.75 Å². The molecule has 1 aliphatic carbocycles. The highest BCUT2D eigenvalue weighted by Gasteiger charge is 2.43. The van der Waals surface area contributed by atoms with E-state index in [-0.39, 0.29) is 11.3 Å². The Bertz CT molecular complexity index is 2800. The summed E-state index contributed by atoms with van der Waals surface area (Å²) in [6.45, 7) is 26.1. The van der Waals surface area contributed by atoms with Crippen molar-refractivity contribution < 1.29 is 133 Å². The number of ether oxygens (including phenoxy) is 27. The Kier molecular flexibility index (Phi) is 67.5. The number of fused-ring (bicyclic) bond motifs is 3. The van der Waals surface area contributed by atoms with Gasteiger partial charge in [-0.1, -0.05) is 66.7 Å². The molecular weight excluding hydrogens is 1530 g/mol. The van der Waals surface area contributed by atoms with Crippen LogP contribution in [-0.2, 0) is 133 Å². The molecule has 4 aromatic carbocycles. The van der Waals surface area contributed by atoms with Crippen molar-refractivity contribution in [1.82, 2.24) is 5.32 Å². The number of nitrogens with two attached hydrogens (primary N) is 1. The van der Waals surface area contributed by atoms with Crippen LogP contribution in [0.4, 0.5) is 0 Å². The largest absolute Gasteiger partial charge is 0.494 e. The third-order valence-corrected chi connectivity index (χ3v) is 18.0. The number of hydrogen-bond donors (Lipinski definition) is 2. The van der Waals surface area contributed by atoms with E-state index in [1.54, 1.807) is 14.2 Å². The summed E-state index contributed by atoms with van der Waals surface area (Å²) in [6, 6.07) is 32.9. The van der Waals surface area contributed by atoms with Crippen LogP contribution in [-0.4, -0.2) is 370 Å². The maximum absolute atomic E-state index is 12.3. The maximum atomic E-state index is 12.3. The first kappa shape index (κ1) is 104. The molecule has 3 N–H and O–H groups in total. The minimum absolute atomic E-state index is 0.0334. The van der Waals surface area contributed by atoms with Crippen molar-refractivity contribution in [2.45, 2.75) is 50.4 Å². The first-order valence-electron chi connectivity index (χ1n) is 42.5. The fourth-order valence-corrected chi connectivity index (χ4v) is 12.0.